The average Bonchev–Trinajstić information content (AvgIpc) is 4.01. The number of benzene rings is 9. The van der Waals surface area contributed by atoms with E-state index in [-0.39, 0.29) is 6.17 Å². The Morgan fingerprint density at radius 1 is 0.365 bits per heavy atom. The molecule has 0 amide bonds. The van der Waals surface area contributed by atoms with Gasteiger partial charge in [0.1, 0.15) is 6.17 Å². The second-order valence-electron chi connectivity index (χ2n) is 16.2. The molecule has 12 aromatic rings. The normalized spacial score (nSPS) is 14.2. The van der Waals surface area contributed by atoms with Crippen LogP contribution in [0.1, 0.15) is 17.3 Å². The fourth-order valence-electron chi connectivity index (χ4n) is 9.96. The average molecular weight is 807 g/mol. The molecule has 63 heavy (non-hydrogen) atoms. The predicted molar refractivity (Wildman–Crippen MR) is 262 cm³/mol. The molecule has 9 aromatic carbocycles. The number of nitrogens with one attached hydrogen (secondary N) is 1. The van der Waals surface area contributed by atoms with Crippen LogP contribution in [0.15, 0.2) is 228 Å². The van der Waals surface area contributed by atoms with Crippen molar-refractivity contribution in [2.75, 3.05) is 0 Å². The van der Waals surface area contributed by atoms with Crippen LogP contribution in [0.25, 0.3) is 87.9 Å². The minimum atomic E-state index is -0.354. The summed E-state index contributed by atoms with van der Waals surface area (Å²) in [7, 11) is 0. The van der Waals surface area contributed by atoms with Crippen molar-refractivity contribution in [3.8, 4) is 22.5 Å². The van der Waals surface area contributed by atoms with Crippen LogP contribution in [0.4, 0.5) is 0 Å². The van der Waals surface area contributed by atoms with Crippen molar-refractivity contribution in [1.29, 1.82) is 0 Å². The molecule has 0 aliphatic carbocycles. The van der Waals surface area contributed by atoms with Crippen LogP contribution in [-0.2, 0) is 0 Å². The highest BCUT2D eigenvalue weighted by molar-refractivity contribution is 6.27. The van der Waals surface area contributed by atoms with E-state index in [1.807, 2.05) is 24.3 Å². The van der Waals surface area contributed by atoms with Crippen LogP contribution in [0.3, 0.4) is 0 Å². The number of aromatic nitrogens is 3. The lowest BCUT2D eigenvalue weighted by Crippen LogP contribution is -2.37. The lowest BCUT2D eigenvalue weighted by atomic mass is 10.0. The predicted octanol–water partition coefficient (Wildman–Crippen LogP) is 13.6. The number of rotatable bonds is 5. The van der Waals surface area contributed by atoms with Gasteiger partial charge in [-0.2, -0.15) is 4.99 Å². The Labute approximate surface area is 362 Å². The Morgan fingerprint density at radius 3 is 1.46 bits per heavy atom. The molecule has 13 rings (SSSR count). The zero-order chi connectivity index (χ0) is 41.4. The Bertz CT molecular complexity index is 3800. The Balaban J connectivity index is 1.17. The van der Waals surface area contributed by atoms with Crippen molar-refractivity contribution in [2.24, 2.45) is 9.98 Å². The molecule has 3 aromatic heterocycles. The summed E-state index contributed by atoms with van der Waals surface area (Å²) >= 11 is 0. The topological polar surface area (TPSA) is 51.5 Å². The molecular formula is C57H38N6. The van der Waals surface area contributed by atoms with Gasteiger partial charge in [0, 0.05) is 54.8 Å². The van der Waals surface area contributed by atoms with Gasteiger partial charge in [0.15, 0.2) is 5.84 Å². The molecule has 1 aliphatic heterocycles. The van der Waals surface area contributed by atoms with Crippen molar-refractivity contribution < 1.29 is 0 Å². The van der Waals surface area contributed by atoms with Crippen LogP contribution >= 0.6 is 0 Å². The van der Waals surface area contributed by atoms with Gasteiger partial charge in [0.05, 0.1) is 33.1 Å². The van der Waals surface area contributed by atoms with E-state index in [1.54, 1.807) is 0 Å². The van der Waals surface area contributed by atoms with Crippen molar-refractivity contribution in [3.63, 3.8) is 0 Å². The number of aliphatic imine (C=N–C) groups is 2. The number of fused-ring (bicyclic) bond motifs is 10. The first-order valence-corrected chi connectivity index (χ1v) is 21.5. The van der Waals surface area contributed by atoms with E-state index in [9.17, 15) is 0 Å². The summed E-state index contributed by atoms with van der Waals surface area (Å²) in [5.74, 6) is 1.41. The fraction of sp³-hybridized carbons (Fsp3) is 0.0175. The molecule has 1 unspecified atom stereocenters. The maximum absolute atomic E-state index is 5.40. The smallest absolute Gasteiger partial charge is 0.212 e. The van der Waals surface area contributed by atoms with Crippen molar-refractivity contribution >= 4 is 77.2 Å². The van der Waals surface area contributed by atoms with Gasteiger partial charge >= 0.3 is 0 Å². The summed E-state index contributed by atoms with van der Waals surface area (Å²) < 4.78 is 7.27. The quantitative estimate of drug-likeness (QED) is 0.185. The maximum Gasteiger partial charge on any atom is 0.212 e. The molecule has 4 heterocycles. The first-order chi connectivity index (χ1) is 31.3. The zero-order valence-electron chi connectivity index (χ0n) is 34.1. The number of hydrogen-bond acceptors (Lipinski definition) is 3. The molecule has 0 fully saturated rings. The summed E-state index contributed by atoms with van der Waals surface area (Å²) in [4.78, 5) is 10.6. The molecular weight excluding hydrogens is 769 g/mol. The standard InChI is InChI=1S/C57H38N6/c1-5-19-37(20-6-1)47-35-41(36-48-44-29-15-17-31-50(44)61(52(47)48)40-25-11-4-12-26-40)62-49-30-16-13-27-42(49)45-33-34-46-43-28-14-18-32-51(43)63(54(46)53(45)62)57-59-55(38-21-7-2-8-22-38)58-56(60-57)39-23-9-3-10-24-39/h1-36,55H,(H,58,59,60). The third-order valence-corrected chi connectivity index (χ3v) is 12.7. The van der Waals surface area contributed by atoms with Gasteiger partial charge in [-0.1, -0.05) is 176 Å². The minimum absolute atomic E-state index is 0.354. The second-order valence-corrected chi connectivity index (χ2v) is 16.2. The molecule has 0 saturated carbocycles. The van der Waals surface area contributed by atoms with E-state index in [0.717, 1.165) is 72.4 Å². The molecule has 0 saturated heterocycles. The summed E-state index contributed by atoms with van der Waals surface area (Å²) in [6, 6.07) is 78.1. The molecule has 1 N–H and O–H groups in total. The van der Waals surface area contributed by atoms with E-state index in [4.69, 9.17) is 9.98 Å². The van der Waals surface area contributed by atoms with E-state index >= 15 is 0 Å². The van der Waals surface area contributed by atoms with Gasteiger partial charge in [-0.3, -0.25) is 4.57 Å². The molecule has 296 valence electrons. The molecule has 1 atom stereocenters. The first kappa shape index (κ1) is 35.3. The Morgan fingerprint density at radius 2 is 0.841 bits per heavy atom. The van der Waals surface area contributed by atoms with Crippen molar-refractivity contribution in [3.05, 3.63) is 230 Å². The van der Waals surface area contributed by atoms with Gasteiger partial charge in [-0.15, -0.1) is 0 Å². The van der Waals surface area contributed by atoms with E-state index in [2.05, 4.69) is 213 Å². The van der Waals surface area contributed by atoms with Crippen LogP contribution in [0.5, 0.6) is 0 Å². The Kier molecular flexibility index (Phi) is 7.87. The molecule has 0 spiro atoms. The van der Waals surface area contributed by atoms with Crippen LogP contribution in [-0.4, -0.2) is 25.5 Å². The van der Waals surface area contributed by atoms with Crippen LogP contribution in [0.2, 0.25) is 0 Å². The number of hydrogen-bond donors (Lipinski definition) is 1. The molecule has 0 bridgehead atoms. The number of nitrogens with zero attached hydrogens (tertiary/aromatic N) is 5. The van der Waals surface area contributed by atoms with E-state index in [1.165, 1.54) is 32.6 Å². The third-order valence-electron chi connectivity index (χ3n) is 12.7. The number of para-hydroxylation sites is 4. The van der Waals surface area contributed by atoms with Crippen molar-refractivity contribution in [2.45, 2.75) is 6.17 Å². The van der Waals surface area contributed by atoms with Gasteiger partial charge in [0.2, 0.25) is 5.96 Å². The largest absolute Gasteiger partial charge is 0.330 e. The van der Waals surface area contributed by atoms with E-state index < -0.39 is 0 Å². The Hall–Kier alpha value is -8.48. The van der Waals surface area contributed by atoms with Crippen LogP contribution in [0, 0.1) is 0 Å². The maximum atomic E-state index is 5.40. The highest BCUT2D eigenvalue weighted by atomic mass is 15.3. The molecule has 6 nitrogen and oxygen atoms in total. The summed E-state index contributed by atoms with van der Waals surface area (Å²) in [6.07, 6.45) is -0.354. The van der Waals surface area contributed by atoms with Gasteiger partial charge in [0.25, 0.3) is 0 Å². The van der Waals surface area contributed by atoms with Gasteiger partial charge in [-0.25, -0.2) is 4.99 Å². The summed E-state index contributed by atoms with van der Waals surface area (Å²) in [5.41, 5.74) is 13.3. The first-order valence-electron chi connectivity index (χ1n) is 21.5. The molecule has 1 aliphatic rings. The summed E-state index contributed by atoms with van der Waals surface area (Å²) in [5, 5.41) is 10.9. The van der Waals surface area contributed by atoms with Gasteiger partial charge < -0.3 is 14.5 Å². The summed E-state index contributed by atoms with van der Waals surface area (Å²) in [6.45, 7) is 0. The molecule has 0 radical (unpaired) electrons. The fourth-order valence-corrected chi connectivity index (χ4v) is 9.96. The third kappa shape index (κ3) is 5.45. The SMILES string of the molecule is c1ccc(C2=NC(c3ccccc3)NC(n3c4ccccc4c4ccc5c6ccccc6n(-c6cc(-c7ccccc7)c7c(c6)c6ccccc6n7-c6ccccc6)c5c43)=N2)cc1. The zero-order valence-corrected chi connectivity index (χ0v) is 34.1. The van der Waals surface area contributed by atoms with E-state index in [0.29, 0.717) is 5.84 Å². The lowest BCUT2D eigenvalue weighted by Gasteiger charge is -2.25. The van der Waals surface area contributed by atoms with Crippen LogP contribution < -0.4 is 5.32 Å². The monoisotopic (exact) mass is 806 g/mol. The highest BCUT2D eigenvalue weighted by Gasteiger charge is 2.28. The second kappa shape index (κ2) is 14.0. The van der Waals surface area contributed by atoms with Gasteiger partial charge in [-0.05, 0) is 53.6 Å². The lowest BCUT2D eigenvalue weighted by molar-refractivity contribution is 0.661. The minimum Gasteiger partial charge on any atom is -0.330 e. The highest BCUT2D eigenvalue weighted by Crippen LogP contribution is 2.44. The number of amidine groups is 1. The molecule has 6 heteroatoms. The van der Waals surface area contributed by atoms with Crippen molar-refractivity contribution in [1.82, 2.24) is 19.0 Å².